The number of hydrogen-bond donors (Lipinski definition) is 1. The van der Waals surface area contributed by atoms with Gasteiger partial charge in [0.15, 0.2) is 5.54 Å². The molecule has 2 rings (SSSR count). The molecule has 4 heteroatoms. The molecule has 0 amide bonds. The van der Waals surface area contributed by atoms with E-state index in [9.17, 15) is 10.4 Å². The summed E-state index contributed by atoms with van der Waals surface area (Å²) in [6, 6.07) is 5.48. The fourth-order valence-corrected chi connectivity index (χ4v) is 2.55. The van der Waals surface area contributed by atoms with Gasteiger partial charge in [0, 0.05) is 11.1 Å². The van der Waals surface area contributed by atoms with Crippen molar-refractivity contribution in [3.63, 3.8) is 0 Å². The van der Waals surface area contributed by atoms with Crippen molar-refractivity contribution in [1.82, 2.24) is 5.06 Å². The van der Waals surface area contributed by atoms with Crippen LogP contribution in [0.25, 0.3) is 0 Å². The lowest BCUT2D eigenvalue weighted by atomic mass is 9.84. The smallest absolute Gasteiger partial charge is 0.313 e. The molecule has 4 nitrogen and oxygen atoms in total. The van der Waals surface area contributed by atoms with Crippen LogP contribution in [-0.4, -0.2) is 31.9 Å². The number of benzene rings is 1. The number of hydroxylamine groups is 3. The molecule has 0 saturated carbocycles. The van der Waals surface area contributed by atoms with Crippen LogP contribution in [0.3, 0.4) is 0 Å². The first-order valence-corrected chi connectivity index (χ1v) is 7.51. The van der Waals surface area contributed by atoms with Gasteiger partial charge in [0.25, 0.3) is 0 Å². The van der Waals surface area contributed by atoms with E-state index in [4.69, 9.17) is 0 Å². The first-order valence-electron chi connectivity index (χ1n) is 7.51. The summed E-state index contributed by atoms with van der Waals surface area (Å²) in [5.74, 6) is 11.9. The van der Waals surface area contributed by atoms with Crippen molar-refractivity contribution in [2.45, 2.75) is 52.6 Å². The molecule has 23 heavy (non-hydrogen) atoms. The van der Waals surface area contributed by atoms with Gasteiger partial charge in [-0.2, -0.15) is 0 Å². The fourth-order valence-electron chi connectivity index (χ4n) is 2.55. The Morgan fingerprint density at radius 1 is 1.00 bits per heavy atom. The highest BCUT2D eigenvalue weighted by molar-refractivity contribution is 5.96. The minimum Gasteiger partial charge on any atom is -0.714 e. The minimum atomic E-state index is -0.778. The van der Waals surface area contributed by atoms with Crippen LogP contribution < -0.4 is 0 Å². The van der Waals surface area contributed by atoms with Gasteiger partial charge in [0.2, 0.25) is 0 Å². The van der Waals surface area contributed by atoms with E-state index in [1.165, 1.54) is 0 Å². The molecule has 0 fully saturated rings. The van der Waals surface area contributed by atoms with Gasteiger partial charge in [-0.3, -0.25) is 4.74 Å². The van der Waals surface area contributed by atoms with Crippen LogP contribution in [0, 0.1) is 28.9 Å². The quantitative estimate of drug-likeness (QED) is 0.493. The molecule has 1 N–H and O–H groups in total. The van der Waals surface area contributed by atoms with Crippen LogP contribution in [0.2, 0.25) is 0 Å². The molecule has 1 aromatic rings. The molecule has 1 aliphatic rings. The van der Waals surface area contributed by atoms with Crippen molar-refractivity contribution >= 4 is 5.84 Å². The van der Waals surface area contributed by atoms with E-state index in [1.807, 2.05) is 33.8 Å². The monoisotopic (exact) mass is 310 g/mol. The maximum Gasteiger partial charge on any atom is 0.313 e. The third-order valence-corrected chi connectivity index (χ3v) is 4.66. The third kappa shape index (κ3) is 2.56. The SMILES string of the molecule is CC#Cc1cc(C#CC)cc(C2=[N+]([O-])C(C)(C)C(C)(C)N2O)c1. The van der Waals surface area contributed by atoms with Crippen LogP contribution in [-0.2, 0) is 0 Å². The normalized spacial score (nSPS) is 18.1. The van der Waals surface area contributed by atoms with Crippen molar-refractivity contribution in [1.29, 1.82) is 0 Å². The number of amidine groups is 1. The molecular formula is C19H22N2O2. The van der Waals surface area contributed by atoms with E-state index < -0.39 is 11.1 Å². The molecule has 1 aliphatic heterocycles. The average Bonchev–Trinajstić information content (AvgIpc) is 2.58. The van der Waals surface area contributed by atoms with Crippen molar-refractivity contribution in [3.8, 4) is 23.7 Å². The summed E-state index contributed by atoms with van der Waals surface area (Å²) in [5, 5.41) is 24.5. The second-order valence-corrected chi connectivity index (χ2v) is 6.60. The Labute approximate surface area is 138 Å². The fraction of sp³-hybridized carbons (Fsp3) is 0.421. The molecule has 0 saturated heterocycles. The summed E-state index contributed by atoms with van der Waals surface area (Å²) in [6.45, 7) is 10.8. The zero-order valence-corrected chi connectivity index (χ0v) is 14.5. The molecule has 0 atom stereocenters. The number of hydrogen-bond acceptors (Lipinski definition) is 3. The van der Waals surface area contributed by atoms with Gasteiger partial charge in [-0.25, -0.2) is 5.21 Å². The van der Waals surface area contributed by atoms with Crippen LogP contribution in [0.4, 0.5) is 0 Å². The number of rotatable bonds is 1. The van der Waals surface area contributed by atoms with Gasteiger partial charge in [-0.1, -0.05) is 11.8 Å². The molecule has 0 bridgehead atoms. The molecule has 120 valence electrons. The molecule has 0 unspecified atom stereocenters. The molecule has 0 aromatic heterocycles. The van der Waals surface area contributed by atoms with Crippen LogP contribution in [0.1, 0.15) is 58.2 Å². The Morgan fingerprint density at radius 3 is 1.83 bits per heavy atom. The van der Waals surface area contributed by atoms with E-state index in [2.05, 4.69) is 23.7 Å². The zero-order chi connectivity index (χ0) is 17.4. The van der Waals surface area contributed by atoms with Crippen LogP contribution >= 0.6 is 0 Å². The standard InChI is InChI=1S/C19H22N2O2/c1-7-9-14-11-15(10-8-2)13-16(12-14)17-20(22)18(3,4)19(5,6)21(17)23/h11-13,22H,1-6H3. The van der Waals surface area contributed by atoms with Gasteiger partial charge < -0.3 is 5.21 Å². The maximum atomic E-state index is 12.8. The Hall–Kier alpha value is -2.43. The highest BCUT2D eigenvalue weighted by Gasteiger charge is 2.58. The lowest BCUT2D eigenvalue weighted by Crippen LogP contribution is -2.53. The van der Waals surface area contributed by atoms with Gasteiger partial charge >= 0.3 is 5.84 Å². The van der Waals surface area contributed by atoms with E-state index >= 15 is 0 Å². The summed E-state index contributed by atoms with van der Waals surface area (Å²) >= 11 is 0. The van der Waals surface area contributed by atoms with Gasteiger partial charge in [-0.05, 0) is 59.7 Å². The molecule has 0 aliphatic carbocycles. The summed E-state index contributed by atoms with van der Waals surface area (Å²) in [6.07, 6.45) is 0. The summed E-state index contributed by atoms with van der Waals surface area (Å²) in [7, 11) is 0. The summed E-state index contributed by atoms with van der Waals surface area (Å²) in [5.41, 5.74) is 0.631. The molecule has 1 aromatic carbocycles. The van der Waals surface area contributed by atoms with E-state index in [0.29, 0.717) is 5.56 Å². The van der Waals surface area contributed by atoms with Gasteiger partial charge in [0.1, 0.15) is 5.54 Å². The Balaban J connectivity index is 2.71. The highest BCUT2D eigenvalue weighted by atomic mass is 16.5. The van der Waals surface area contributed by atoms with E-state index in [-0.39, 0.29) is 5.84 Å². The second-order valence-electron chi connectivity index (χ2n) is 6.60. The lowest BCUT2D eigenvalue weighted by molar-refractivity contribution is -0.539. The Morgan fingerprint density at radius 2 is 1.48 bits per heavy atom. The van der Waals surface area contributed by atoms with Crippen LogP contribution in [0.15, 0.2) is 18.2 Å². The third-order valence-electron chi connectivity index (χ3n) is 4.66. The largest absolute Gasteiger partial charge is 0.714 e. The summed E-state index contributed by atoms with van der Waals surface area (Å²) < 4.78 is 0.870. The van der Waals surface area contributed by atoms with Crippen molar-refractivity contribution < 1.29 is 9.95 Å². The van der Waals surface area contributed by atoms with Gasteiger partial charge in [-0.15, -0.1) is 16.9 Å². The molecule has 0 radical (unpaired) electrons. The predicted molar refractivity (Wildman–Crippen MR) is 91.1 cm³/mol. The average molecular weight is 310 g/mol. The van der Waals surface area contributed by atoms with Crippen molar-refractivity contribution in [2.75, 3.05) is 0 Å². The first kappa shape index (κ1) is 16.9. The van der Waals surface area contributed by atoms with Crippen LogP contribution in [0.5, 0.6) is 0 Å². The highest BCUT2D eigenvalue weighted by Crippen LogP contribution is 2.37. The topological polar surface area (TPSA) is 49.5 Å². The molecule has 0 spiro atoms. The Bertz CT molecular complexity index is 758. The minimum absolute atomic E-state index is 0.221. The summed E-state index contributed by atoms with van der Waals surface area (Å²) in [4.78, 5) is 0. The Kier molecular flexibility index (Phi) is 4.16. The number of nitrogens with zero attached hydrogens (tertiary/aromatic N) is 2. The molecule has 1 heterocycles. The van der Waals surface area contributed by atoms with Gasteiger partial charge in [0.05, 0.1) is 5.56 Å². The first-order chi connectivity index (χ1) is 10.7. The second kappa shape index (κ2) is 5.65. The molecular weight excluding hydrogens is 288 g/mol. The predicted octanol–water partition coefficient (Wildman–Crippen LogP) is 2.95. The maximum absolute atomic E-state index is 12.8. The van der Waals surface area contributed by atoms with Crippen molar-refractivity contribution in [3.05, 3.63) is 40.1 Å². The zero-order valence-electron chi connectivity index (χ0n) is 14.5. The van der Waals surface area contributed by atoms with E-state index in [0.717, 1.165) is 20.9 Å². The van der Waals surface area contributed by atoms with E-state index in [1.54, 1.807) is 26.0 Å². The lowest BCUT2D eigenvalue weighted by Gasteiger charge is -2.33. The van der Waals surface area contributed by atoms with Crippen molar-refractivity contribution in [2.24, 2.45) is 0 Å².